The lowest BCUT2D eigenvalue weighted by Gasteiger charge is -2.32. The van der Waals surface area contributed by atoms with Crippen LogP contribution in [0.1, 0.15) is 13.3 Å². The first-order chi connectivity index (χ1) is 13.7. The molecule has 154 valence electrons. The highest BCUT2D eigenvalue weighted by atomic mass is 19.2. The van der Waals surface area contributed by atoms with E-state index >= 15 is 0 Å². The van der Waals surface area contributed by atoms with E-state index in [0.717, 1.165) is 0 Å². The van der Waals surface area contributed by atoms with Crippen molar-refractivity contribution in [3.05, 3.63) is 53.4 Å². The van der Waals surface area contributed by atoms with Crippen molar-refractivity contribution >= 4 is 23.2 Å². The second-order valence-electron chi connectivity index (χ2n) is 6.09. The lowest BCUT2D eigenvalue weighted by atomic mass is 10.1. The standard InChI is InChI=1S/C18H14F5N3O3/c1-8-18(28)26(9-4-2-3-5-10(9)29-8)7-6-11(27)24-25-17-15(22)13(20)12(19)14(21)16(17)23/h2-5,8,25H,6-7H2,1H3,(H,24,27). The fourth-order valence-corrected chi connectivity index (χ4v) is 2.71. The number of halogens is 5. The molecule has 2 N–H and O–H groups in total. The minimum Gasteiger partial charge on any atom is -0.479 e. The Labute approximate surface area is 161 Å². The van der Waals surface area contributed by atoms with Crippen LogP contribution in [0.4, 0.5) is 33.3 Å². The Bertz CT molecular complexity index is 956. The molecule has 1 aliphatic rings. The summed E-state index contributed by atoms with van der Waals surface area (Å²) in [6.07, 6.45) is -1.10. The number of carbonyl (C=O) groups excluding carboxylic acids is 2. The first kappa shape index (κ1) is 20.4. The molecule has 2 amide bonds. The fourth-order valence-electron chi connectivity index (χ4n) is 2.71. The van der Waals surface area contributed by atoms with E-state index in [1.54, 1.807) is 29.7 Å². The second kappa shape index (κ2) is 7.94. The van der Waals surface area contributed by atoms with Crippen LogP contribution in [0.5, 0.6) is 5.75 Å². The number of rotatable bonds is 5. The zero-order valence-corrected chi connectivity index (χ0v) is 14.9. The molecule has 0 saturated heterocycles. The minimum atomic E-state index is -2.31. The van der Waals surface area contributed by atoms with Crippen molar-refractivity contribution in [1.82, 2.24) is 5.43 Å². The normalized spacial score (nSPS) is 15.6. The van der Waals surface area contributed by atoms with Gasteiger partial charge in [-0.15, -0.1) is 0 Å². The van der Waals surface area contributed by atoms with Crippen LogP contribution in [0.3, 0.4) is 0 Å². The number of hydrazine groups is 1. The molecule has 0 saturated carbocycles. The van der Waals surface area contributed by atoms with Crippen molar-refractivity contribution in [2.75, 3.05) is 16.9 Å². The number of carbonyl (C=O) groups is 2. The van der Waals surface area contributed by atoms with Gasteiger partial charge in [-0.25, -0.2) is 22.0 Å². The molecule has 0 bridgehead atoms. The maximum Gasteiger partial charge on any atom is 0.267 e. The molecule has 0 radical (unpaired) electrons. The number of amides is 2. The Morgan fingerprint density at radius 1 is 1.03 bits per heavy atom. The minimum absolute atomic E-state index is 0.103. The number of anilines is 2. The monoisotopic (exact) mass is 415 g/mol. The summed E-state index contributed by atoms with van der Waals surface area (Å²) in [6, 6.07) is 6.64. The number of para-hydroxylation sites is 2. The Hall–Kier alpha value is -3.37. The van der Waals surface area contributed by atoms with E-state index in [0.29, 0.717) is 11.4 Å². The molecule has 0 aromatic heterocycles. The Morgan fingerprint density at radius 3 is 2.28 bits per heavy atom. The van der Waals surface area contributed by atoms with Gasteiger partial charge in [-0.3, -0.25) is 20.4 Å². The molecule has 0 fully saturated rings. The lowest BCUT2D eigenvalue weighted by molar-refractivity contribution is -0.125. The van der Waals surface area contributed by atoms with Crippen molar-refractivity contribution in [2.45, 2.75) is 19.4 Å². The highest BCUT2D eigenvalue weighted by Crippen LogP contribution is 2.33. The maximum absolute atomic E-state index is 13.6. The molecule has 1 atom stereocenters. The molecular formula is C18H14F5N3O3. The highest BCUT2D eigenvalue weighted by molar-refractivity contribution is 6.00. The van der Waals surface area contributed by atoms with Gasteiger partial charge in [0.2, 0.25) is 11.7 Å². The van der Waals surface area contributed by atoms with Gasteiger partial charge in [0.15, 0.2) is 29.4 Å². The third kappa shape index (κ3) is 3.80. The quantitative estimate of drug-likeness (QED) is 0.341. The molecule has 6 nitrogen and oxygen atoms in total. The van der Waals surface area contributed by atoms with Crippen LogP contribution < -0.4 is 20.5 Å². The largest absolute Gasteiger partial charge is 0.479 e. The topological polar surface area (TPSA) is 70.7 Å². The molecule has 11 heteroatoms. The highest BCUT2D eigenvalue weighted by Gasteiger charge is 2.31. The van der Waals surface area contributed by atoms with Gasteiger partial charge in [0.25, 0.3) is 5.91 Å². The van der Waals surface area contributed by atoms with Crippen LogP contribution in [-0.4, -0.2) is 24.5 Å². The van der Waals surface area contributed by atoms with Crippen LogP contribution >= 0.6 is 0 Å². The van der Waals surface area contributed by atoms with E-state index in [-0.39, 0.29) is 13.0 Å². The molecule has 2 aromatic carbocycles. The van der Waals surface area contributed by atoms with Gasteiger partial charge in [0.1, 0.15) is 11.4 Å². The molecule has 1 heterocycles. The third-order valence-electron chi connectivity index (χ3n) is 4.17. The second-order valence-corrected chi connectivity index (χ2v) is 6.09. The van der Waals surface area contributed by atoms with Gasteiger partial charge in [0, 0.05) is 13.0 Å². The van der Waals surface area contributed by atoms with E-state index in [4.69, 9.17) is 4.74 Å². The third-order valence-corrected chi connectivity index (χ3v) is 4.17. The number of hydrogen-bond acceptors (Lipinski definition) is 4. The number of nitrogens with one attached hydrogen (secondary N) is 2. The molecule has 29 heavy (non-hydrogen) atoms. The SMILES string of the molecule is CC1Oc2ccccc2N(CCC(=O)NNc2c(F)c(F)c(F)c(F)c2F)C1=O. The summed E-state index contributed by atoms with van der Waals surface area (Å²) >= 11 is 0. The summed E-state index contributed by atoms with van der Waals surface area (Å²) < 4.78 is 72.0. The molecule has 0 aliphatic carbocycles. The Morgan fingerprint density at radius 2 is 1.62 bits per heavy atom. The molecular weight excluding hydrogens is 401 g/mol. The number of ether oxygens (including phenoxy) is 1. The summed E-state index contributed by atoms with van der Waals surface area (Å²) in [5.74, 6) is -11.6. The summed E-state index contributed by atoms with van der Waals surface area (Å²) in [4.78, 5) is 25.6. The number of nitrogens with zero attached hydrogens (tertiary/aromatic N) is 1. The number of fused-ring (bicyclic) bond motifs is 1. The molecule has 1 unspecified atom stereocenters. The van der Waals surface area contributed by atoms with Gasteiger partial charge < -0.3 is 9.64 Å². The van der Waals surface area contributed by atoms with E-state index in [9.17, 15) is 31.5 Å². The molecule has 2 aromatic rings. The Balaban J connectivity index is 1.67. The zero-order valence-electron chi connectivity index (χ0n) is 14.9. The average Bonchev–Trinajstić information content (AvgIpc) is 2.71. The predicted octanol–water partition coefficient (Wildman–Crippen LogP) is 3.03. The smallest absolute Gasteiger partial charge is 0.267 e. The summed E-state index contributed by atoms with van der Waals surface area (Å²) in [5, 5.41) is 0. The molecule has 3 rings (SSSR count). The lowest BCUT2D eigenvalue weighted by Crippen LogP contribution is -2.46. The average molecular weight is 415 g/mol. The van der Waals surface area contributed by atoms with E-state index in [2.05, 4.69) is 0 Å². The van der Waals surface area contributed by atoms with Gasteiger partial charge in [-0.2, -0.15) is 0 Å². The van der Waals surface area contributed by atoms with Crippen LogP contribution in [0.15, 0.2) is 24.3 Å². The predicted molar refractivity (Wildman–Crippen MR) is 91.5 cm³/mol. The fraction of sp³-hybridized carbons (Fsp3) is 0.222. The van der Waals surface area contributed by atoms with Gasteiger partial charge in [-0.05, 0) is 19.1 Å². The zero-order chi connectivity index (χ0) is 21.3. The first-order valence-electron chi connectivity index (χ1n) is 8.35. The number of benzene rings is 2. The Kier molecular flexibility index (Phi) is 5.57. The summed E-state index contributed by atoms with van der Waals surface area (Å²) in [6.45, 7) is 1.43. The van der Waals surface area contributed by atoms with Crippen molar-refractivity contribution in [3.63, 3.8) is 0 Å². The van der Waals surface area contributed by atoms with E-state index in [1.165, 1.54) is 11.8 Å². The first-order valence-corrected chi connectivity index (χ1v) is 8.35. The summed E-state index contributed by atoms with van der Waals surface area (Å²) in [5.41, 5.74) is 2.59. The molecule has 1 aliphatic heterocycles. The van der Waals surface area contributed by atoms with Crippen molar-refractivity contribution in [2.24, 2.45) is 0 Å². The van der Waals surface area contributed by atoms with Crippen molar-refractivity contribution in [3.8, 4) is 5.75 Å². The number of hydrogen-bond donors (Lipinski definition) is 2. The van der Waals surface area contributed by atoms with E-state index < -0.39 is 52.7 Å². The maximum atomic E-state index is 13.6. The molecule has 0 spiro atoms. The summed E-state index contributed by atoms with van der Waals surface area (Å²) in [7, 11) is 0. The van der Waals surface area contributed by atoms with Crippen LogP contribution in [0, 0.1) is 29.1 Å². The van der Waals surface area contributed by atoms with Crippen LogP contribution in [-0.2, 0) is 9.59 Å². The van der Waals surface area contributed by atoms with Gasteiger partial charge >= 0.3 is 0 Å². The van der Waals surface area contributed by atoms with Gasteiger partial charge in [-0.1, -0.05) is 12.1 Å². The van der Waals surface area contributed by atoms with Crippen molar-refractivity contribution < 1.29 is 36.3 Å². The van der Waals surface area contributed by atoms with Crippen LogP contribution in [0.25, 0.3) is 0 Å². The van der Waals surface area contributed by atoms with Crippen molar-refractivity contribution in [1.29, 1.82) is 0 Å². The van der Waals surface area contributed by atoms with Gasteiger partial charge in [0.05, 0.1) is 5.69 Å². The van der Waals surface area contributed by atoms with Crippen LogP contribution in [0.2, 0.25) is 0 Å². The van der Waals surface area contributed by atoms with E-state index in [1.807, 2.05) is 5.43 Å².